The topological polar surface area (TPSA) is 59.2 Å². The Balaban J connectivity index is 1.87. The van der Waals surface area contributed by atoms with Crippen LogP contribution in [0.5, 0.6) is 0 Å². The number of pyridine rings is 1. The number of rotatable bonds is 2. The van der Waals surface area contributed by atoms with Crippen molar-refractivity contribution in [3.63, 3.8) is 0 Å². The molecule has 25 heavy (non-hydrogen) atoms. The third kappa shape index (κ3) is 3.17. The number of alkyl halides is 3. The second kappa shape index (κ2) is 6.12. The van der Waals surface area contributed by atoms with Crippen LogP contribution >= 0.6 is 0 Å². The van der Waals surface area contributed by atoms with Crippen LogP contribution in [0.1, 0.15) is 37.1 Å². The molecule has 0 bridgehead atoms. The fourth-order valence-corrected chi connectivity index (χ4v) is 3.70. The third-order valence-corrected chi connectivity index (χ3v) is 5.30. The summed E-state index contributed by atoms with van der Waals surface area (Å²) in [6, 6.07) is 0.946. The Morgan fingerprint density at radius 2 is 2.16 bits per heavy atom. The highest BCUT2D eigenvalue weighted by Crippen LogP contribution is 2.41. The number of hydrogen-bond acceptors (Lipinski definition) is 3. The third-order valence-electron chi connectivity index (χ3n) is 5.30. The average Bonchev–Trinajstić information content (AvgIpc) is 2.95. The van der Waals surface area contributed by atoms with Crippen LogP contribution in [0.3, 0.4) is 0 Å². The summed E-state index contributed by atoms with van der Waals surface area (Å²) in [5, 5.41) is 0. The van der Waals surface area contributed by atoms with Gasteiger partial charge in [0.05, 0.1) is 11.0 Å². The SMILES string of the molecule is CC(C)[C@]1(C(=O)N2CCc3ncc(C(F)(F)F)cc3C2)C=C[C@@H](N)C1. The second-order valence-electron chi connectivity index (χ2n) is 7.23. The monoisotopic (exact) mass is 353 g/mol. The van der Waals surface area contributed by atoms with E-state index in [1.165, 1.54) is 0 Å². The van der Waals surface area contributed by atoms with Crippen molar-refractivity contribution in [1.29, 1.82) is 0 Å². The first kappa shape index (κ1) is 17.9. The van der Waals surface area contributed by atoms with Crippen molar-refractivity contribution in [2.45, 2.75) is 45.5 Å². The number of nitrogens with two attached hydrogens (primary N) is 1. The first-order valence-electron chi connectivity index (χ1n) is 8.43. The molecule has 1 amide bonds. The number of carbonyl (C=O) groups excluding carboxylic acids is 1. The molecule has 3 rings (SSSR count). The van der Waals surface area contributed by atoms with E-state index in [0.29, 0.717) is 30.6 Å². The Morgan fingerprint density at radius 3 is 2.72 bits per heavy atom. The van der Waals surface area contributed by atoms with Gasteiger partial charge in [-0.3, -0.25) is 9.78 Å². The van der Waals surface area contributed by atoms with Crippen molar-refractivity contribution >= 4 is 5.91 Å². The molecule has 2 atom stereocenters. The van der Waals surface area contributed by atoms with Crippen LogP contribution in [-0.4, -0.2) is 28.4 Å². The van der Waals surface area contributed by atoms with Crippen molar-refractivity contribution in [3.8, 4) is 0 Å². The molecule has 7 heteroatoms. The second-order valence-corrected chi connectivity index (χ2v) is 7.23. The number of hydrogen-bond donors (Lipinski definition) is 1. The van der Waals surface area contributed by atoms with Gasteiger partial charge in [-0.15, -0.1) is 0 Å². The lowest BCUT2D eigenvalue weighted by molar-refractivity contribution is -0.142. The van der Waals surface area contributed by atoms with E-state index in [4.69, 9.17) is 5.73 Å². The lowest BCUT2D eigenvalue weighted by Crippen LogP contribution is -2.48. The number of nitrogens with zero attached hydrogens (tertiary/aromatic N) is 2. The Labute approximate surface area is 144 Å². The van der Waals surface area contributed by atoms with Crippen LogP contribution in [-0.2, 0) is 23.9 Å². The van der Waals surface area contributed by atoms with Crippen molar-refractivity contribution < 1.29 is 18.0 Å². The lowest BCUT2D eigenvalue weighted by Gasteiger charge is -2.38. The van der Waals surface area contributed by atoms with E-state index >= 15 is 0 Å². The Kier molecular flexibility index (Phi) is 4.39. The van der Waals surface area contributed by atoms with Crippen LogP contribution < -0.4 is 5.73 Å². The van der Waals surface area contributed by atoms with Gasteiger partial charge in [0.25, 0.3) is 0 Å². The zero-order valence-corrected chi connectivity index (χ0v) is 14.3. The van der Waals surface area contributed by atoms with Crippen molar-refractivity contribution in [2.24, 2.45) is 17.1 Å². The summed E-state index contributed by atoms with van der Waals surface area (Å²) in [7, 11) is 0. The van der Waals surface area contributed by atoms with E-state index < -0.39 is 17.2 Å². The summed E-state index contributed by atoms with van der Waals surface area (Å²) in [6.07, 6.45) is 1.15. The highest BCUT2D eigenvalue weighted by molar-refractivity contribution is 5.86. The Hall–Kier alpha value is -1.89. The minimum absolute atomic E-state index is 0.0604. The number of fused-ring (bicyclic) bond motifs is 1. The minimum Gasteiger partial charge on any atom is -0.337 e. The van der Waals surface area contributed by atoms with Crippen molar-refractivity contribution in [3.05, 3.63) is 41.2 Å². The first-order valence-corrected chi connectivity index (χ1v) is 8.43. The molecule has 0 spiro atoms. The molecule has 1 aliphatic heterocycles. The van der Waals surface area contributed by atoms with Gasteiger partial charge in [-0.25, -0.2) is 0 Å². The molecule has 0 fully saturated rings. The van der Waals surface area contributed by atoms with Gasteiger partial charge in [-0.05, 0) is 24.0 Å². The molecule has 1 aromatic heterocycles. The molecule has 2 heterocycles. The van der Waals surface area contributed by atoms with Gasteiger partial charge >= 0.3 is 6.18 Å². The van der Waals surface area contributed by atoms with E-state index in [1.54, 1.807) is 4.90 Å². The number of amides is 1. The van der Waals surface area contributed by atoms with Gasteiger partial charge in [-0.1, -0.05) is 26.0 Å². The van der Waals surface area contributed by atoms with Crippen LogP contribution in [0.25, 0.3) is 0 Å². The molecule has 4 nitrogen and oxygen atoms in total. The fourth-order valence-electron chi connectivity index (χ4n) is 3.70. The molecule has 0 radical (unpaired) electrons. The van der Waals surface area contributed by atoms with E-state index in [9.17, 15) is 18.0 Å². The normalized spacial score (nSPS) is 26.2. The zero-order chi connectivity index (χ0) is 18.4. The summed E-state index contributed by atoms with van der Waals surface area (Å²) < 4.78 is 38.8. The van der Waals surface area contributed by atoms with Crippen LogP contribution in [0.15, 0.2) is 24.4 Å². The molecule has 1 aromatic rings. The zero-order valence-electron chi connectivity index (χ0n) is 14.3. The van der Waals surface area contributed by atoms with Gasteiger partial charge in [-0.2, -0.15) is 13.2 Å². The van der Waals surface area contributed by atoms with Crippen LogP contribution in [0, 0.1) is 11.3 Å². The minimum atomic E-state index is -4.44. The molecule has 0 aromatic carbocycles. The average molecular weight is 353 g/mol. The summed E-state index contributed by atoms with van der Waals surface area (Å²) in [5.74, 6) is 0.000549. The van der Waals surface area contributed by atoms with Gasteiger partial charge in [0, 0.05) is 37.4 Å². The molecule has 0 saturated carbocycles. The fraction of sp³-hybridized carbons (Fsp3) is 0.556. The van der Waals surface area contributed by atoms with E-state index in [1.807, 2.05) is 26.0 Å². The summed E-state index contributed by atoms with van der Waals surface area (Å²) in [6.45, 7) is 4.56. The van der Waals surface area contributed by atoms with E-state index in [0.717, 1.165) is 12.3 Å². The van der Waals surface area contributed by atoms with Gasteiger partial charge in [0.2, 0.25) is 5.91 Å². The van der Waals surface area contributed by atoms with E-state index in [-0.39, 0.29) is 24.4 Å². The van der Waals surface area contributed by atoms with Gasteiger partial charge in [0.1, 0.15) is 0 Å². The van der Waals surface area contributed by atoms with Gasteiger partial charge in [0.15, 0.2) is 0 Å². The Bertz CT molecular complexity index is 714. The van der Waals surface area contributed by atoms with Crippen LogP contribution in [0.4, 0.5) is 13.2 Å². The first-order chi connectivity index (χ1) is 11.6. The summed E-state index contributed by atoms with van der Waals surface area (Å²) in [4.78, 5) is 18.8. The number of carbonyl (C=O) groups is 1. The summed E-state index contributed by atoms with van der Waals surface area (Å²) >= 11 is 0. The van der Waals surface area contributed by atoms with Gasteiger partial charge < -0.3 is 10.6 Å². The molecule has 2 N–H and O–H groups in total. The highest BCUT2D eigenvalue weighted by Gasteiger charge is 2.46. The molecule has 0 unspecified atom stereocenters. The maximum Gasteiger partial charge on any atom is 0.417 e. The quantitative estimate of drug-likeness (QED) is 0.832. The molecule has 2 aliphatic rings. The maximum absolute atomic E-state index is 13.2. The van der Waals surface area contributed by atoms with Crippen molar-refractivity contribution in [1.82, 2.24) is 9.88 Å². The molecule has 1 aliphatic carbocycles. The molecule has 136 valence electrons. The predicted octanol–water partition coefficient (Wildman–Crippen LogP) is 2.91. The Morgan fingerprint density at radius 1 is 1.44 bits per heavy atom. The van der Waals surface area contributed by atoms with Crippen molar-refractivity contribution in [2.75, 3.05) is 6.54 Å². The predicted molar refractivity (Wildman–Crippen MR) is 87.4 cm³/mol. The standard InChI is InChI=1S/C18H22F3N3O/c1-11(2)17(5-3-14(22)8-17)16(25)24-6-4-15-12(10-24)7-13(9-23-15)18(19,20)21/h3,5,7,9,11,14H,4,6,8,10,22H2,1-2H3/t14-,17+/m1/s1. The largest absolute Gasteiger partial charge is 0.417 e. The lowest BCUT2D eigenvalue weighted by atomic mass is 9.74. The van der Waals surface area contributed by atoms with Crippen LogP contribution in [0.2, 0.25) is 0 Å². The molecular formula is C18H22F3N3O. The summed E-state index contributed by atoms with van der Waals surface area (Å²) in [5.41, 5.74) is 5.62. The van der Waals surface area contributed by atoms with E-state index in [2.05, 4.69) is 4.98 Å². The maximum atomic E-state index is 13.2. The molecular weight excluding hydrogens is 331 g/mol. The highest BCUT2D eigenvalue weighted by atomic mass is 19.4. The smallest absolute Gasteiger partial charge is 0.337 e. The number of aromatic nitrogens is 1. The number of halogens is 3. The molecule has 0 saturated heterocycles.